The molecule has 1 radical (unpaired) electrons. The molecule has 0 saturated heterocycles. The molecule has 0 aromatic rings. The first-order chi connectivity index (χ1) is 3.31. The van der Waals surface area contributed by atoms with Crippen LogP contribution in [-0.2, 0) is 4.79 Å². The normalized spacial score (nSPS) is 11.4. The monoisotopic (exact) mass is 97.1 g/mol. The highest BCUT2D eigenvalue weighted by Crippen LogP contribution is 1.92. The highest BCUT2D eigenvalue weighted by Gasteiger charge is 1.81. The van der Waals surface area contributed by atoms with Crippen molar-refractivity contribution < 1.29 is 4.79 Å². The van der Waals surface area contributed by atoms with E-state index in [9.17, 15) is 4.79 Å². The van der Waals surface area contributed by atoms with Gasteiger partial charge in [-0.3, -0.25) is 4.79 Å². The maximum absolute atomic E-state index is 9.61. The van der Waals surface area contributed by atoms with Crippen LogP contribution in [0.5, 0.6) is 0 Å². The zero-order valence-corrected chi connectivity index (χ0v) is 4.69. The molecule has 0 heterocycles. The highest BCUT2D eigenvalue weighted by atomic mass is 16.1. The van der Waals surface area contributed by atoms with Gasteiger partial charge in [0, 0.05) is 6.42 Å². The van der Waals surface area contributed by atoms with Crippen molar-refractivity contribution in [2.75, 3.05) is 0 Å². The van der Waals surface area contributed by atoms with E-state index in [1.165, 1.54) is 0 Å². The van der Waals surface area contributed by atoms with Crippen molar-refractivity contribution in [1.82, 2.24) is 0 Å². The van der Waals surface area contributed by atoms with Gasteiger partial charge in [-0.25, -0.2) is 0 Å². The van der Waals surface area contributed by atoms with Crippen molar-refractivity contribution in [3.8, 4) is 0 Å². The number of rotatable bonds is 2. The Morgan fingerprint density at radius 2 is 2.43 bits per heavy atom. The van der Waals surface area contributed by atoms with E-state index < -0.39 is 0 Å². The van der Waals surface area contributed by atoms with E-state index >= 15 is 0 Å². The Bertz CT molecular complexity index is 82.2. The summed E-state index contributed by atoms with van der Waals surface area (Å²) in [6, 6.07) is 0. The lowest BCUT2D eigenvalue weighted by Gasteiger charge is -1.83. The van der Waals surface area contributed by atoms with Gasteiger partial charge in [0.2, 0.25) is 6.29 Å². The van der Waals surface area contributed by atoms with Crippen LogP contribution in [0.1, 0.15) is 20.3 Å². The lowest BCUT2D eigenvalue weighted by Crippen LogP contribution is -1.73. The van der Waals surface area contributed by atoms with Gasteiger partial charge >= 0.3 is 0 Å². The third kappa shape index (κ3) is 3.23. The first-order valence-corrected chi connectivity index (χ1v) is 2.28. The Hall–Kier alpha value is -0.590. The molecule has 0 aliphatic rings. The van der Waals surface area contributed by atoms with Crippen molar-refractivity contribution in [3.05, 3.63) is 11.6 Å². The fourth-order valence-corrected chi connectivity index (χ4v) is 0.216. The molecule has 0 saturated carbocycles. The van der Waals surface area contributed by atoms with E-state index in [0.717, 1.165) is 5.57 Å². The van der Waals surface area contributed by atoms with Gasteiger partial charge in [0.05, 0.1) is 0 Å². The molecule has 0 amide bonds. The number of carbonyl (C=O) groups excluding carboxylic acids is 1. The second kappa shape index (κ2) is 3.59. The summed E-state index contributed by atoms with van der Waals surface area (Å²) in [4.78, 5) is 9.61. The van der Waals surface area contributed by atoms with Gasteiger partial charge < -0.3 is 0 Å². The lowest BCUT2D eigenvalue weighted by atomic mass is 10.2. The molecule has 0 rings (SSSR count). The van der Waals surface area contributed by atoms with Crippen molar-refractivity contribution in [2.24, 2.45) is 0 Å². The average molecular weight is 97.1 g/mol. The summed E-state index contributed by atoms with van der Waals surface area (Å²) in [6.07, 6.45) is 4.16. The van der Waals surface area contributed by atoms with Crippen LogP contribution in [0.4, 0.5) is 0 Å². The maximum Gasteiger partial charge on any atom is 0.202 e. The Balaban J connectivity index is 3.36. The molecule has 0 aromatic carbocycles. The molecule has 1 nitrogen and oxygen atoms in total. The van der Waals surface area contributed by atoms with Gasteiger partial charge in [0.15, 0.2) is 0 Å². The molecule has 0 aliphatic heterocycles. The molecule has 0 unspecified atom stereocenters. The van der Waals surface area contributed by atoms with Gasteiger partial charge in [0.25, 0.3) is 0 Å². The second-order valence-electron chi connectivity index (χ2n) is 1.46. The fraction of sp³-hybridized carbons (Fsp3) is 0.500. The average Bonchev–Trinajstić information content (AvgIpc) is 1.68. The van der Waals surface area contributed by atoms with Gasteiger partial charge in [-0.15, -0.1) is 0 Å². The van der Waals surface area contributed by atoms with E-state index in [0.29, 0.717) is 6.42 Å². The Morgan fingerprint density at radius 1 is 1.86 bits per heavy atom. The van der Waals surface area contributed by atoms with Crippen LogP contribution in [-0.4, -0.2) is 6.29 Å². The minimum atomic E-state index is 0.455. The molecule has 0 aromatic heterocycles. The van der Waals surface area contributed by atoms with Crippen LogP contribution in [0.2, 0.25) is 0 Å². The Morgan fingerprint density at radius 3 is 2.57 bits per heavy atom. The molecule has 0 atom stereocenters. The predicted molar refractivity (Wildman–Crippen MR) is 29.7 cm³/mol. The van der Waals surface area contributed by atoms with Gasteiger partial charge in [-0.05, 0) is 13.8 Å². The number of allylic oxidation sites excluding steroid dienone is 2. The standard InChI is InChI=1S/C6H9O/c1-3-6(2)4-5-7/h3H,4H2,1-2H3/b6-3+. The molecule has 0 fully saturated rings. The zero-order valence-electron chi connectivity index (χ0n) is 4.69. The largest absolute Gasteiger partial charge is 0.291 e. The Labute approximate surface area is 44.0 Å². The molecule has 39 valence electrons. The van der Waals surface area contributed by atoms with E-state index in [1.807, 2.05) is 19.9 Å². The summed E-state index contributed by atoms with van der Waals surface area (Å²) < 4.78 is 0. The van der Waals surface area contributed by atoms with Crippen LogP contribution in [0.15, 0.2) is 11.6 Å². The molecule has 0 bridgehead atoms. The van der Waals surface area contributed by atoms with Gasteiger partial charge in [-0.2, -0.15) is 0 Å². The fourth-order valence-electron chi connectivity index (χ4n) is 0.216. The maximum atomic E-state index is 9.61. The quantitative estimate of drug-likeness (QED) is 0.476. The number of hydrogen-bond donors (Lipinski definition) is 0. The highest BCUT2D eigenvalue weighted by molar-refractivity contribution is 5.54. The summed E-state index contributed by atoms with van der Waals surface area (Å²) in [5.41, 5.74) is 1.08. The van der Waals surface area contributed by atoms with Crippen LogP contribution < -0.4 is 0 Å². The number of hydrogen-bond acceptors (Lipinski definition) is 1. The Kier molecular flexibility index (Phi) is 3.29. The van der Waals surface area contributed by atoms with Crippen LogP contribution in [0.25, 0.3) is 0 Å². The molecule has 0 spiro atoms. The third-order valence-electron chi connectivity index (χ3n) is 0.844. The molecule has 0 N–H and O–H groups in total. The lowest BCUT2D eigenvalue weighted by molar-refractivity contribution is 0.555. The summed E-state index contributed by atoms with van der Waals surface area (Å²) in [6.45, 7) is 3.82. The topological polar surface area (TPSA) is 17.1 Å². The minimum Gasteiger partial charge on any atom is -0.291 e. The van der Waals surface area contributed by atoms with E-state index in [-0.39, 0.29) is 0 Å². The van der Waals surface area contributed by atoms with Crippen LogP contribution in [0.3, 0.4) is 0 Å². The first-order valence-electron chi connectivity index (χ1n) is 2.28. The SMILES string of the molecule is C/C=C(\C)C[C]=O. The molecule has 7 heavy (non-hydrogen) atoms. The zero-order chi connectivity index (χ0) is 5.70. The minimum absolute atomic E-state index is 0.455. The van der Waals surface area contributed by atoms with Crippen molar-refractivity contribution in [2.45, 2.75) is 20.3 Å². The van der Waals surface area contributed by atoms with Gasteiger partial charge in [-0.1, -0.05) is 11.6 Å². The molecular weight excluding hydrogens is 88.1 g/mol. The van der Waals surface area contributed by atoms with E-state index in [2.05, 4.69) is 0 Å². The molecule has 1 heteroatoms. The van der Waals surface area contributed by atoms with Gasteiger partial charge in [0.1, 0.15) is 0 Å². The van der Waals surface area contributed by atoms with Crippen molar-refractivity contribution in [3.63, 3.8) is 0 Å². The van der Waals surface area contributed by atoms with Crippen molar-refractivity contribution >= 4 is 6.29 Å². The summed E-state index contributed by atoms with van der Waals surface area (Å²) in [5.74, 6) is 0. The molecule has 0 aliphatic carbocycles. The van der Waals surface area contributed by atoms with Crippen LogP contribution in [0, 0.1) is 0 Å². The summed E-state index contributed by atoms with van der Waals surface area (Å²) in [7, 11) is 0. The second-order valence-corrected chi connectivity index (χ2v) is 1.46. The predicted octanol–water partition coefficient (Wildman–Crippen LogP) is 1.45. The van der Waals surface area contributed by atoms with Crippen molar-refractivity contribution in [1.29, 1.82) is 0 Å². The first kappa shape index (κ1) is 6.41. The van der Waals surface area contributed by atoms with Crippen LogP contribution >= 0.6 is 0 Å². The third-order valence-corrected chi connectivity index (χ3v) is 0.844. The summed E-state index contributed by atoms with van der Waals surface area (Å²) in [5, 5.41) is 0. The summed E-state index contributed by atoms with van der Waals surface area (Å²) >= 11 is 0. The molecular formula is C6H9O. The van der Waals surface area contributed by atoms with E-state index in [1.54, 1.807) is 6.29 Å². The van der Waals surface area contributed by atoms with E-state index in [4.69, 9.17) is 0 Å². The smallest absolute Gasteiger partial charge is 0.202 e.